The highest BCUT2D eigenvalue weighted by Crippen LogP contribution is 1.96. The normalized spacial score (nSPS) is 10.1. The summed E-state index contributed by atoms with van der Waals surface area (Å²) in [4.78, 5) is 9.67. The molecule has 1 nitrogen and oxygen atoms in total. The average Bonchev–Trinajstić information content (AvgIpc) is 1.81. The van der Waals surface area contributed by atoms with Crippen LogP contribution in [0.15, 0.2) is 12.2 Å². The predicted octanol–water partition coefficient (Wildman–Crippen LogP) is 1.49. The number of hydrogen-bond donors (Lipinski definition) is 0. The average molecular weight is 130 g/mol. The van der Waals surface area contributed by atoms with Crippen molar-refractivity contribution in [2.45, 2.75) is 6.92 Å². The topological polar surface area (TPSA) is 17.1 Å². The fraction of sp³-hybridized carbons (Fsp3) is 0.500. The molecule has 0 aliphatic heterocycles. The molecule has 0 rings (SSSR count). The summed E-state index contributed by atoms with van der Waals surface area (Å²) in [5.41, 5.74) is 0. The fourth-order valence-electron chi connectivity index (χ4n) is 0.297. The number of hydrogen-bond acceptors (Lipinski definition) is 2. The van der Waals surface area contributed by atoms with Gasteiger partial charge in [-0.3, -0.25) is 4.79 Å². The first-order chi connectivity index (χ1) is 3.91. The summed E-state index contributed by atoms with van der Waals surface area (Å²) in [6.45, 7) is 2.10. The van der Waals surface area contributed by atoms with Gasteiger partial charge in [-0.25, -0.2) is 0 Å². The molecule has 0 spiro atoms. The SMILES string of the molecule is CCSC/C=C/C=O. The molecule has 0 unspecified atom stereocenters. The lowest BCUT2D eigenvalue weighted by molar-refractivity contribution is -0.104. The van der Waals surface area contributed by atoms with E-state index < -0.39 is 0 Å². The summed E-state index contributed by atoms with van der Waals surface area (Å²) in [6.07, 6.45) is 4.19. The molecule has 0 aromatic rings. The summed E-state index contributed by atoms with van der Waals surface area (Å²) >= 11 is 1.80. The van der Waals surface area contributed by atoms with Crippen LogP contribution in [0.25, 0.3) is 0 Å². The molecule has 0 bridgehead atoms. The quantitative estimate of drug-likeness (QED) is 0.326. The van der Waals surface area contributed by atoms with Crippen molar-refractivity contribution in [3.8, 4) is 0 Å². The van der Waals surface area contributed by atoms with Gasteiger partial charge in [-0.05, 0) is 11.8 Å². The second kappa shape index (κ2) is 6.76. The van der Waals surface area contributed by atoms with Crippen molar-refractivity contribution >= 4 is 18.0 Å². The first kappa shape index (κ1) is 7.76. The Hall–Kier alpha value is -0.240. The third-order valence-electron chi connectivity index (χ3n) is 0.633. The lowest BCUT2D eigenvalue weighted by atomic mass is 10.6. The van der Waals surface area contributed by atoms with E-state index in [1.807, 2.05) is 6.08 Å². The van der Waals surface area contributed by atoms with Gasteiger partial charge in [0.05, 0.1) is 0 Å². The minimum Gasteiger partial charge on any atom is -0.299 e. The molecule has 0 fully saturated rings. The van der Waals surface area contributed by atoms with E-state index in [0.29, 0.717) is 0 Å². The van der Waals surface area contributed by atoms with Crippen LogP contribution < -0.4 is 0 Å². The third kappa shape index (κ3) is 5.76. The van der Waals surface area contributed by atoms with E-state index in [9.17, 15) is 4.79 Å². The Bertz CT molecular complexity index is 78.6. The maximum atomic E-state index is 9.67. The van der Waals surface area contributed by atoms with Crippen LogP contribution in [0.1, 0.15) is 6.92 Å². The van der Waals surface area contributed by atoms with E-state index in [1.165, 1.54) is 6.08 Å². The lowest BCUT2D eigenvalue weighted by Gasteiger charge is -1.84. The van der Waals surface area contributed by atoms with Gasteiger partial charge in [-0.2, -0.15) is 11.8 Å². The Balaban J connectivity index is 2.91. The van der Waals surface area contributed by atoms with E-state index in [2.05, 4.69) is 6.92 Å². The van der Waals surface area contributed by atoms with E-state index in [1.54, 1.807) is 11.8 Å². The van der Waals surface area contributed by atoms with Crippen molar-refractivity contribution in [1.29, 1.82) is 0 Å². The van der Waals surface area contributed by atoms with Crippen molar-refractivity contribution in [1.82, 2.24) is 0 Å². The molecule has 0 aromatic carbocycles. The second-order valence-electron chi connectivity index (χ2n) is 1.22. The van der Waals surface area contributed by atoms with Crippen molar-refractivity contribution in [3.63, 3.8) is 0 Å². The molecule has 0 saturated carbocycles. The van der Waals surface area contributed by atoms with Gasteiger partial charge < -0.3 is 0 Å². The highest BCUT2D eigenvalue weighted by molar-refractivity contribution is 7.99. The number of carbonyl (C=O) groups is 1. The molecule has 0 atom stereocenters. The lowest BCUT2D eigenvalue weighted by Crippen LogP contribution is -1.71. The molecule has 46 valence electrons. The Morgan fingerprint density at radius 1 is 1.62 bits per heavy atom. The van der Waals surface area contributed by atoms with E-state index in [0.717, 1.165) is 17.8 Å². The highest BCUT2D eigenvalue weighted by atomic mass is 32.2. The summed E-state index contributed by atoms with van der Waals surface area (Å²) in [5.74, 6) is 2.07. The van der Waals surface area contributed by atoms with Gasteiger partial charge in [0.1, 0.15) is 6.29 Å². The number of aldehydes is 1. The Morgan fingerprint density at radius 2 is 2.38 bits per heavy atom. The fourth-order valence-corrected chi connectivity index (χ4v) is 0.780. The molecular weight excluding hydrogens is 120 g/mol. The molecule has 0 amide bonds. The van der Waals surface area contributed by atoms with Crippen molar-refractivity contribution in [2.24, 2.45) is 0 Å². The van der Waals surface area contributed by atoms with Crippen LogP contribution in [0, 0.1) is 0 Å². The standard InChI is InChI=1S/C6H10OS/c1-2-8-6-4-3-5-7/h3-5H,2,6H2,1H3/b4-3+. The predicted molar refractivity (Wildman–Crippen MR) is 38.2 cm³/mol. The zero-order valence-electron chi connectivity index (χ0n) is 4.96. The van der Waals surface area contributed by atoms with Gasteiger partial charge >= 0.3 is 0 Å². The summed E-state index contributed by atoms with van der Waals surface area (Å²) in [7, 11) is 0. The van der Waals surface area contributed by atoms with Crippen LogP contribution in [0.4, 0.5) is 0 Å². The highest BCUT2D eigenvalue weighted by Gasteiger charge is 1.74. The van der Waals surface area contributed by atoms with Crippen molar-refractivity contribution < 1.29 is 4.79 Å². The van der Waals surface area contributed by atoms with E-state index >= 15 is 0 Å². The van der Waals surface area contributed by atoms with Gasteiger partial charge in [-0.15, -0.1) is 0 Å². The summed E-state index contributed by atoms with van der Waals surface area (Å²) in [5, 5.41) is 0. The van der Waals surface area contributed by atoms with Crippen LogP contribution in [0.2, 0.25) is 0 Å². The van der Waals surface area contributed by atoms with Gasteiger partial charge in [0.25, 0.3) is 0 Å². The maximum absolute atomic E-state index is 9.67. The minimum atomic E-state index is 0.802. The Kier molecular flexibility index (Phi) is 6.56. The summed E-state index contributed by atoms with van der Waals surface area (Å²) in [6, 6.07) is 0. The first-order valence-corrected chi connectivity index (χ1v) is 3.75. The van der Waals surface area contributed by atoms with Gasteiger partial charge in [0.15, 0.2) is 0 Å². The van der Waals surface area contributed by atoms with E-state index in [4.69, 9.17) is 0 Å². The molecule has 0 aliphatic rings. The smallest absolute Gasteiger partial charge is 0.142 e. The molecule has 0 saturated heterocycles. The molecule has 0 aliphatic carbocycles. The van der Waals surface area contributed by atoms with Crippen LogP contribution in [-0.2, 0) is 4.79 Å². The van der Waals surface area contributed by atoms with Crippen LogP contribution in [0.3, 0.4) is 0 Å². The van der Waals surface area contributed by atoms with Crippen LogP contribution in [-0.4, -0.2) is 17.8 Å². The van der Waals surface area contributed by atoms with Crippen LogP contribution >= 0.6 is 11.8 Å². The largest absolute Gasteiger partial charge is 0.299 e. The molecule has 0 heterocycles. The molecule has 0 radical (unpaired) electrons. The molecule has 8 heavy (non-hydrogen) atoms. The molecule has 0 aromatic heterocycles. The third-order valence-corrected chi connectivity index (χ3v) is 1.47. The van der Waals surface area contributed by atoms with E-state index in [-0.39, 0.29) is 0 Å². The van der Waals surface area contributed by atoms with Gasteiger partial charge in [0, 0.05) is 5.75 Å². The number of thioether (sulfide) groups is 1. The molecule has 0 N–H and O–H groups in total. The first-order valence-electron chi connectivity index (χ1n) is 2.60. The monoisotopic (exact) mass is 130 g/mol. The Morgan fingerprint density at radius 3 is 2.88 bits per heavy atom. The molecule has 2 heteroatoms. The zero-order chi connectivity index (χ0) is 6.24. The van der Waals surface area contributed by atoms with Crippen molar-refractivity contribution in [2.75, 3.05) is 11.5 Å². The minimum absolute atomic E-state index is 0.802. The number of allylic oxidation sites excluding steroid dienone is 1. The van der Waals surface area contributed by atoms with Crippen molar-refractivity contribution in [3.05, 3.63) is 12.2 Å². The molecular formula is C6H10OS. The van der Waals surface area contributed by atoms with Gasteiger partial charge in [-0.1, -0.05) is 13.0 Å². The maximum Gasteiger partial charge on any atom is 0.142 e. The number of rotatable bonds is 4. The zero-order valence-corrected chi connectivity index (χ0v) is 5.78. The second-order valence-corrected chi connectivity index (χ2v) is 2.54. The number of carbonyl (C=O) groups excluding carboxylic acids is 1. The van der Waals surface area contributed by atoms with Gasteiger partial charge in [0.2, 0.25) is 0 Å². The van der Waals surface area contributed by atoms with Crippen LogP contribution in [0.5, 0.6) is 0 Å². The summed E-state index contributed by atoms with van der Waals surface area (Å²) < 4.78 is 0. The Labute approximate surface area is 54.2 Å².